The Hall–Kier alpha value is 0.01000. The Kier molecular flexibility index (Phi) is 5.61. The van der Waals surface area contributed by atoms with Crippen molar-refractivity contribution in [3.63, 3.8) is 0 Å². The molecule has 0 saturated carbocycles. The van der Waals surface area contributed by atoms with Crippen LogP contribution in [0.5, 0.6) is 0 Å². The van der Waals surface area contributed by atoms with Gasteiger partial charge in [0, 0.05) is 25.0 Å². The lowest BCUT2D eigenvalue weighted by Crippen LogP contribution is -2.35. The Bertz CT molecular complexity index is 553. The van der Waals surface area contributed by atoms with Gasteiger partial charge in [-0.25, -0.2) is 8.42 Å². The lowest BCUT2D eigenvalue weighted by atomic mass is 10.4. The first kappa shape index (κ1) is 16.4. The summed E-state index contributed by atoms with van der Waals surface area (Å²) >= 11 is 4.52. The molecule has 0 amide bonds. The molecule has 1 aromatic heterocycles. The van der Waals surface area contributed by atoms with Crippen LogP contribution < -0.4 is 0 Å². The van der Waals surface area contributed by atoms with Gasteiger partial charge >= 0.3 is 0 Å². The number of thiophene rings is 1. The van der Waals surface area contributed by atoms with Crippen molar-refractivity contribution in [3.8, 4) is 0 Å². The predicted molar refractivity (Wildman–Crippen MR) is 83.4 cm³/mol. The molecule has 0 unspecified atom stereocenters. The summed E-state index contributed by atoms with van der Waals surface area (Å²) in [4.78, 5) is 3.17. The average Bonchev–Trinajstić information content (AvgIpc) is 3.04. The Morgan fingerprint density at radius 3 is 2.65 bits per heavy atom. The van der Waals surface area contributed by atoms with E-state index in [2.05, 4.69) is 20.8 Å². The van der Waals surface area contributed by atoms with Crippen LogP contribution in [0.2, 0.25) is 0 Å². The summed E-state index contributed by atoms with van der Waals surface area (Å²) in [5, 5.41) is 9.10. The predicted octanol–water partition coefficient (Wildman–Crippen LogP) is 1.72. The quantitative estimate of drug-likeness (QED) is 0.813. The van der Waals surface area contributed by atoms with Crippen molar-refractivity contribution in [1.82, 2.24) is 9.21 Å². The minimum atomic E-state index is -3.49. The minimum absolute atomic E-state index is 0.143. The number of aliphatic hydroxyl groups is 1. The van der Waals surface area contributed by atoms with Crippen LogP contribution in [-0.2, 0) is 16.6 Å². The van der Waals surface area contributed by atoms with E-state index in [9.17, 15) is 8.42 Å². The van der Waals surface area contributed by atoms with Gasteiger partial charge in [0.2, 0.25) is 10.0 Å². The van der Waals surface area contributed by atoms with Gasteiger partial charge in [0.1, 0.15) is 4.90 Å². The van der Waals surface area contributed by atoms with E-state index in [1.165, 1.54) is 34.6 Å². The number of rotatable bonds is 6. The minimum Gasteiger partial charge on any atom is -0.391 e. The van der Waals surface area contributed by atoms with E-state index in [4.69, 9.17) is 5.11 Å². The molecule has 8 heteroatoms. The number of hydrogen-bond acceptors (Lipinski definition) is 5. The molecule has 20 heavy (non-hydrogen) atoms. The zero-order valence-electron chi connectivity index (χ0n) is 11.4. The maximum atomic E-state index is 12.5. The molecule has 0 aromatic carbocycles. The summed E-state index contributed by atoms with van der Waals surface area (Å²) in [5.74, 6) is 0. The molecule has 0 aliphatic carbocycles. The SMILES string of the molecule is CN(CCN1CCCC1)S(=O)(=O)c1cc(CO)sc1Br. The zero-order chi connectivity index (χ0) is 14.8. The van der Waals surface area contributed by atoms with Gasteiger partial charge in [-0.05, 0) is 47.9 Å². The molecule has 2 heterocycles. The van der Waals surface area contributed by atoms with Crippen LogP contribution in [-0.4, -0.2) is 56.0 Å². The van der Waals surface area contributed by atoms with E-state index >= 15 is 0 Å². The van der Waals surface area contributed by atoms with Crippen LogP contribution in [0.15, 0.2) is 14.7 Å². The summed E-state index contributed by atoms with van der Waals surface area (Å²) < 4.78 is 26.9. The fourth-order valence-corrected chi connectivity index (χ4v) is 5.88. The average molecular weight is 383 g/mol. The highest BCUT2D eigenvalue weighted by atomic mass is 79.9. The third-order valence-corrected chi connectivity index (χ3v) is 7.57. The van der Waals surface area contributed by atoms with Crippen LogP contribution in [0.3, 0.4) is 0 Å². The van der Waals surface area contributed by atoms with E-state index in [0.29, 0.717) is 15.2 Å². The molecule has 0 bridgehead atoms. The van der Waals surface area contributed by atoms with Crippen molar-refractivity contribution >= 4 is 37.3 Å². The smallest absolute Gasteiger partial charge is 0.244 e. The molecule has 1 fully saturated rings. The highest BCUT2D eigenvalue weighted by Crippen LogP contribution is 2.33. The van der Waals surface area contributed by atoms with Crippen LogP contribution >= 0.6 is 27.3 Å². The summed E-state index contributed by atoms with van der Waals surface area (Å²) in [5.41, 5.74) is 0. The number of halogens is 1. The number of likely N-dealkylation sites (tertiary alicyclic amines) is 1. The number of likely N-dealkylation sites (N-methyl/N-ethyl adjacent to an activating group) is 1. The van der Waals surface area contributed by atoms with E-state index in [1.54, 1.807) is 7.05 Å². The third-order valence-electron chi connectivity index (χ3n) is 3.48. The topological polar surface area (TPSA) is 60.9 Å². The van der Waals surface area contributed by atoms with E-state index in [1.807, 2.05) is 0 Å². The van der Waals surface area contributed by atoms with Crippen molar-refractivity contribution in [2.75, 3.05) is 33.2 Å². The van der Waals surface area contributed by atoms with Gasteiger partial charge in [0.25, 0.3) is 0 Å². The van der Waals surface area contributed by atoms with Gasteiger partial charge in [0.05, 0.1) is 10.4 Å². The maximum absolute atomic E-state index is 12.5. The largest absolute Gasteiger partial charge is 0.391 e. The fraction of sp³-hybridized carbons (Fsp3) is 0.667. The zero-order valence-corrected chi connectivity index (χ0v) is 14.6. The molecule has 1 aliphatic rings. The van der Waals surface area contributed by atoms with E-state index < -0.39 is 10.0 Å². The molecule has 0 radical (unpaired) electrons. The molecule has 1 aromatic rings. The van der Waals surface area contributed by atoms with Crippen LogP contribution in [0, 0.1) is 0 Å². The van der Waals surface area contributed by atoms with Crippen molar-refractivity contribution in [2.24, 2.45) is 0 Å². The molecular formula is C12H19BrN2O3S2. The first-order valence-electron chi connectivity index (χ1n) is 6.53. The summed E-state index contributed by atoms with van der Waals surface area (Å²) in [6.45, 7) is 3.23. The monoisotopic (exact) mass is 382 g/mol. The third kappa shape index (κ3) is 3.61. The second-order valence-electron chi connectivity index (χ2n) is 4.88. The maximum Gasteiger partial charge on any atom is 0.244 e. The number of hydrogen-bond donors (Lipinski definition) is 1. The van der Waals surface area contributed by atoms with Crippen molar-refractivity contribution < 1.29 is 13.5 Å². The Morgan fingerprint density at radius 2 is 2.10 bits per heavy atom. The van der Waals surface area contributed by atoms with Gasteiger partial charge in [-0.3, -0.25) is 0 Å². The molecular weight excluding hydrogens is 364 g/mol. The molecule has 1 saturated heterocycles. The van der Waals surface area contributed by atoms with Gasteiger partial charge in [0.15, 0.2) is 0 Å². The van der Waals surface area contributed by atoms with Gasteiger partial charge in [-0.2, -0.15) is 4.31 Å². The Labute approximate surface area is 132 Å². The first-order valence-corrected chi connectivity index (χ1v) is 9.58. The highest BCUT2D eigenvalue weighted by Gasteiger charge is 2.26. The van der Waals surface area contributed by atoms with Crippen molar-refractivity contribution in [3.05, 3.63) is 14.7 Å². The second kappa shape index (κ2) is 6.85. The van der Waals surface area contributed by atoms with Crippen LogP contribution in [0.1, 0.15) is 17.7 Å². The summed E-state index contributed by atoms with van der Waals surface area (Å²) in [6, 6.07) is 1.54. The number of aliphatic hydroxyl groups excluding tert-OH is 1. The van der Waals surface area contributed by atoms with Gasteiger partial charge < -0.3 is 10.0 Å². The Balaban J connectivity index is 2.05. The van der Waals surface area contributed by atoms with Crippen LogP contribution in [0.4, 0.5) is 0 Å². The molecule has 114 valence electrons. The number of nitrogens with zero attached hydrogens (tertiary/aromatic N) is 2. The lowest BCUT2D eigenvalue weighted by molar-refractivity contribution is 0.285. The van der Waals surface area contributed by atoms with Crippen LogP contribution in [0.25, 0.3) is 0 Å². The van der Waals surface area contributed by atoms with E-state index in [0.717, 1.165) is 19.6 Å². The molecule has 1 aliphatic heterocycles. The lowest BCUT2D eigenvalue weighted by Gasteiger charge is -2.21. The van der Waals surface area contributed by atoms with Crippen molar-refractivity contribution in [1.29, 1.82) is 0 Å². The molecule has 5 nitrogen and oxygen atoms in total. The Morgan fingerprint density at radius 1 is 1.45 bits per heavy atom. The fourth-order valence-electron chi connectivity index (χ4n) is 2.23. The molecule has 1 N–H and O–H groups in total. The molecule has 2 rings (SSSR count). The van der Waals surface area contributed by atoms with E-state index in [-0.39, 0.29) is 11.5 Å². The number of sulfonamides is 1. The standard InChI is InChI=1S/C12H19BrN2O3S2/c1-14(6-7-15-4-2-3-5-15)20(17,18)11-8-10(9-16)19-12(11)13/h8,16H,2-7,9H2,1H3. The summed E-state index contributed by atoms with van der Waals surface area (Å²) in [7, 11) is -1.89. The second-order valence-corrected chi connectivity index (χ2v) is 9.35. The molecule has 0 spiro atoms. The van der Waals surface area contributed by atoms with Gasteiger partial charge in [-0.15, -0.1) is 11.3 Å². The highest BCUT2D eigenvalue weighted by molar-refractivity contribution is 9.11. The summed E-state index contributed by atoms with van der Waals surface area (Å²) in [6.07, 6.45) is 2.40. The normalized spacial score (nSPS) is 17.2. The van der Waals surface area contributed by atoms with Crippen molar-refractivity contribution in [2.45, 2.75) is 24.3 Å². The molecule has 0 atom stereocenters. The van der Waals surface area contributed by atoms with Gasteiger partial charge in [-0.1, -0.05) is 0 Å². The first-order chi connectivity index (χ1) is 9.45.